The summed E-state index contributed by atoms with van der Waals surface area (Å²) in [6, 6.07) is 7.18. The molecule has 0 fully saturated rings. The maximum absolute atomic E-state index is 14.8. The van der Waals surface area contributed by atoms with E-state index in [2.05, 4.69) is 0 Å². The minimum atomic E-state index is -0.980. The van der Waals surface area contributed by atoms with Crippen molar-refractivity contribution in [3.05, 3.63) is 74.9 Å². The third-order valence-corrected chi connectivity index (χ3v) is 5.54. The Hall–Kier alpha value is -2.37. The van der Waals surface area contributed by atoms with E-state index >= 15 is 0 Å². The van der Waals surface area contributed by atoms with Crippen molar-refractivity contribution in [1.29, 1.82) is 0 Å². The number of aryl methyl sites for hydroxylation is 1. The van der Waals surface area contributed by atoms with Crippen LogP contribution in [0.4, 0.5) is 8.78 Å². The van der Waals surface area contributed by atoms with Crippen LogP contribution in [0.5, 0.6) is 0 Å². The molecule has 1 aliphatic carbocycles. The molecule has 0 spiro atoms. The predicted octanol–water partition coefficient (Wildman–Crippen LogP) is 6.08. The van der Waals surface area contributed by atoms with Crippen molar-refractivity contribution < 1.29 is 18.7 Å². The van der Waals surface area contributed by atoms with Gasteiger partial charge in [-0.2, -0.15) is 0 Å². The highest BCUT2D eigenvalue weighted by Gasteiger charge is 2.26. The molecule has 4 rings (SSSR count). The van der Waals surface area contributed by atoms with Crippen LogP contribution in [-0.2, 0) is 17.8 Å². The van der Waals surface area contributed by atoms with Gasteiger partial charge in [0.05, 0.1) is 11.9 Å². The van der Waals surface area contributed by atoms with Gasteiger partial charge in [0, 0.05) is 33.7 Å². The highest BCUT2D eigenvalue weighted by Crippen LogP contribution is 2.39. The van der Waals surface area contributed by atoms with E-state index < -0.39 is 17.6 Å². The number of hydrogen-bond acceptors (Lipinski definition) is 1. The molecule has 2 aromatic carbocycles. The molecular formula is C21H15Cl2F2NO2. The van der Waals surface area contributed by atoms with E-state index in [1.807, 2.05) is 6.08 Å². The Labute approximate surface area is 169 Å². The minimum Gasteiger partial charge on any atom is -0.481 e. The van der Waals surface area contributed by atoms with Crippen LogP contribution < -0.4 is 0 Å². The number of fused-ring (bicyclic) bond motifs is 3. The average molecular weight is 422 g/mol. The Morgan fingerprint density at radius 1 is 1.18 bits per heavy atom. The van der Waals surface area contributed by atoms with Crippen LogP contribution in [0.1, 0.15) is 29.7 Å². The van der Waals surface area contributed by atoms with Crippen LogP contribution in [0.3, 0.4) is 0 Å². The third kappa shape index (κ3) is 3.29. The molecule has 0 radical (unpaired) electrons. The largest absolute Gasteiger partial charge is 0.481 e. The molecule has 0 saturated carbocycles. The molecule has 0 aliphatic heterocycles. The van der Waals surface area contributed by atoms with E-state index in [1.165, 1.54) is 6.07 Å². The van der Waals surface area contributed by atoms with Gasteiger partial charge in [-0.05, 0) is 47.7 Å². The van der Waals surface area contributed by atoms with Crippen molar-refractivity contribution in [2.75, 3.05) is 0 Å². The van der Waals surface area contributed by atoms with Crippen LogP contribution in [-0.4, -0.2) is 15.6 Å². The fourth-order valence-electron chi connectivity index (χ4n) is 3.88. The zero-order valence-corrected chi connectivity index (χ0v) is 16.1. The summed E-state index contributed by atoms with van der Waals surface area (Å²) in [5.74, 6) is -2.33. The number of aromatic nitrogens is 1. The number of carboxylic acids is 1. The topological polar surface area (TPSA) is 42.2 Å². The molecule has 0 amide bonds. The maximum atomic E-state index is 14.8. The lowest BCUT2D eigenvalue weighted by molar-refractivity contribution is -0.135. The number of benzene rings is 2. The van der Waals surface area contributed by atoms with Gasteiger partial charge in [-0.15, -0.1) is 0 Å². The highest BCUT2D eigenvalue weighted by molar-refractivity contribution is 6.35. The molecule has 0 saturated heterocycles. The molecule has 144 valence electrons. The summed E-state index contributed by atoms with van der Waals surface area (Å²) < 4.78 is 30.4. The van der Waals surface area contributed by atoms with E-state index in [9.17, 15) is 18.7 Å². The number of aliphatic carboxylic acids is 1. The summed E-state index contributed by atoms with van der Waals surface area (Å²) in [6.07, 6.45) is 2.86. The quantitative estimate of drug-likeness (QED) is 0.554. The number of carbonyl (C=O) groups is 1. The molecule has 28 heavy (non-hydrogen) atoms. The summed E-state index contributed by atoms with van der Waals surface area (Å²) in [7, 11) is 0. The highest BCUT2D eigenvalue weighted by atomic mass is 35.5. The van der Waals surface area contributed by atoms with Crippen LogP contribution >= 0.6 is 23.2 Å². The van der Waals surface area contributed by atoms with Gasteiger partial charge in [0.1, 0.15) is 11.6 Å². The molecule has 7 heteroatoms. The molecule has 3 nitrogen and oxygen atoms in total. The van der Waals surface area contributed by atoms with Gasteiger partial charge >= 0.3 is 5.97 Å². The second-order valence-electron chi connectivity index (χ2n) is 6.77. The molecule has 1 heterocycles. The lowest BCUT2D eigenvalue weighted by Crippen LogP contribution is -2.11. The standard InChI is InChI=1S/C21H15Cl2F2NO2/c22-13-5-4-12(17(23)7-13)10-26-20-11(6-19(27)28)2-1-3-15(20)16-8-14(24)9-18(25)21(16)26/h2,4-5,7-9H,1,3,6,10H2,(H,27,28). The fraction of sp³-hybridized carbons (Fsp3) is 0.190. The van der Waals surface area contributed by atoms with E-state index in [4.69, 9.17) is 23.2 Å². The lowest BCUT2D eigenvalue weighted by atomic mass is 9.93. The van der Waals surface area contributed by atoms with Crippen LogP contribution in [0.15, 0.2) is 36.4 Å². The zero-order chi connectivity index (χ0) is 20.0. The van der Waals surface area contributed by atoms with Gasteiger partial charge in [-0.25, -0.2) is 8.78 Å². The Balaban J connectivity index is 1.98. The van der Waals surface area contributed by atoms with E-state index in [0.717, 1.165) is 11.6 Å². The van der Waals surface area contributed by atoms with Crippen LogP contribution in [0, 0.1) is 11.6 Å². The van der Waals surface area contributed by atoms with Crippen molar-refractivity contribution in [2.45, 2.75) is 25.8 Å². The summed E-state index contributed by atoms with van der Waals surface area (Å²) in [4.78, 5) is 11.4. The first-order valence-electron chi connectivity index (χ1n) is 8.70. The summed E-state index contributed by atoms with van der Waals surface area (Å²) in [5, 5.41) is 10.7. The molecule has 3 aromatic rings. The number of hydrogen-bond donors (Lipinski definition) is 1. The van der Waals surface area contributed by atoms with E-state index in [-0.39, 0.29) is 18.5 Å². The summed E-state index contributed by atoms with van der Waals surface area (Å²) >= 11 is 12.3. The fourth-order valence-corrected chi connectivity index (χ4v) is 4.35. The van der Waals surface area contributed by atoms with Crippen molar-refractivity contribution in [1.82, 2.24) is 4.57 Å². The van der Waals surface area contributed by atoms with Crippen molar-refractivity contribution in [2.24, 2.45) is 0 Å². The summed E-state index contributed by atoms with van der Waals surface area (Å²) in [6.45, 7) is 0.210. The van der Waals surface area contributed by atoms with Gasteiger partial charge in [0.25, 0.3) is 0 Å². The minimum absolute atomic E-state index is 0.193. The molecular weight excluding hydrogens is 407 g/mol. The SMILES string of the molecule is O=C(O)CC1=CCCc2c1n(Cc1ccc(Cl)cc1Cl)c1c(F)cc(F)cc21. The van der Waals surface area contributed by atoms with E-state index in [1.54, 1.807) is 22.8 Å². The second kappa shape index (κ2) is 7.22. The normalized spacial score (nSPS) is 13.5. The van der Waals surface area contributed by atoms with Gasteiger partial charge in [-0.3, -0.25) is 4.79 Å². The molecule has 1 N–H and O–H groups in total. The predicted molar refractivity (Wildman–Crippen MR) is 106 cm³/mol. The molecule has 0 unspecified atom stereocenters. The number of halogens is 4. The lowest BCUT2D eigenvalue weighted by Gasteiger charge is -2.18. The maximum Gasteiger partial charge on any atom is 0.307 e. The number of carboxylic acid groups (broad SMARTS) is 1. The van der Waals surface area contributed by atoms with Crippen molar-refractivity contribution in [3.8, 4) is 0 Å². The Kier molecular flexibility index (Phi) is 4.89. The first-order chi connectivity index (χ1) is 13.3. The first kappa shape index (κ1) is 19.0. The third-order valence-electron chi connectivity index (χ3n) is 4.95. The number of nitrogens with zero attached hydrogens (tertiary/aromatic N) is 1. The zero-order valence-electron chi connectivity index (χ0n) is 14.6. The molecule has 1 aromatic heterocycles. The van der Waals surface area contributed by atoms with Gasteiger partial charge in [0.15, 0.2) is 0 Å². The van der Waals surface area contributed by atoms with Gasteiger partial charge in [-0.1, -0.05) is 35.3 Å². The average Bonchev–Trinajstić information content (AvgIpc) is 2.92. The summed E-state index contributed by atoms with van der Waals surface area (Å²) in [5.41, 5.74) is 2.93. The van der Waals surface area contributed by atoms with Gasteiger partial charge < -0.3 is 9.67 Å². The van der Waals surface area contributed by atoms with Crippen molar-refractivity contribution in [3.63, 3.8) is 0 Å². The number of allylic oxidation sites excluding steroid dienone is 1. The first-order valence-corrected chi connectivity index (χ1v) is 9.46. The Morgan fingerprint density at radius 3 is 2.68 bits per heavy atom. The second-order valence-corrected chi connectivity index (χ2v) is 7.62. The molecule has 0 bridgehead atoms. The molecule has 1 aliphatic rings. The van der Waals surface area contributed by atoms with E-state index in [0.29, 0.717) is 45.1 Å². The molecule has 0 atom stereocenters. The Bertz CT molecular complexity index is 1150. The van der Waals surface area contributed by atoms with Crippen LogP contribution in [0.2, 0.25) is 10.0 Å². The number of rotatable bonds is 4. The Morgan fingerprint density at radius 2 is 1.96 bits per heavy atom. The van der Waals surface area contributed by atoms with Gasteiger partial charge in [0.2, 0.25) is 0 Å². The smallest absolute Gasteiger partial charge is 0.307 e. The monoisotopic (exact) mass is 421 g/mol. The van der Waals surface area contributed by atoms with Crippen LogP contribution in [0.25, 0.3) is 16.5 Å². The van der Waals surface area contributed by atoms with Crippen molar-refractivity contribution >= 4 is 45.6 Å².